The molecule has 0 amide bonds. The predicted octanol–water partition coefficient (Wildman–Crippen LogP) is 3.61. The lowest BCUT2D eigenvalue weighted by atomic mass is 9.91. The van der Waals surface area contributed by atoms with E-state index in [2.05, 4.69) is 15.7 Å². The molecule has 1 rings (SSSR count). The zero-order valence-electron chi connectivity index (χ0n) is 11.5. The second-order valence-electron chi connectivity index (χ2n) is 4.44. The third kappa shape index (κ3) is 5.63. The molecule has 22 heavy (non-hydrogen) atoms. The molecule has 0 aromatic carbocycles. The lowest BCUT2D eigenvalue weighted by molar-refractivity contribution is -0.136. The number of terminal acetylenes is 1. The maximum Gasteiger partial charge on any atom is 0.389 e. The van der Waals surface area contributed by atoms with Gasteiger partial charge in [0.15, 0.2) is 6.07 Å². The quantitative estimate of drug-likeness (QED) is 0.437. The molecule has 1 heterocycles. The van der Waals surface area contributed by atoms with Crippen LogP contribution in [0.4, 0.5) is 13.2 Å². The topological polar surface area (TPSA) is 50.3 Å². The summed E-state index contributed by atoms with van der Waals surface area (Å²) >= 11 is 1.10. The van der Waals surface area contributed by atoms with Crippen LogP contribution in [0.2, 0.25) is 0 Å². The zero-order valence-corrected chi connectivity index (χ0v) is 12.3. The van der Waals surface area contributed by atoms with Crippen molar-refractivity contribution in [3.8, 4) is 23.6 Å². The van der Waals surface area contributed by atoms with Crippen LogP contribution in [-0.4, -0.2) is 23.3 Å². The highest BCUT2D eigenvalue weighted by Crippen LogP contribution is 2.32. The summed E-state index contributed by atoms with van der Waals surface area (Å²) in [4.78, 5) is 7.59. The highest BCUT2D eigenvalue weighted by atomic mass is 32.1. The predicted molar refractivity (Wildman–Crippen MR) is 75.0 cm³/mol. The molecule has 0 aliphatic carbocycles. The Morgan fingerprint density at radius 2 is 2.18 bits per heavy atom. The lowest BCUT2D eigenvalue weighted by Gasteiger charge is -2.14. The monoisotopic (exact) mass is 327 g/mol. The van der Waals surface area contributed by atoms with Gasteiger partial charge in [-0.15, -0.1) is 12.3 Å². The standard InChI is InChI=1S/C14H12F3N3OS/c1-3-4-7-21-12-20-9-11(22-12)8-13(10-18,19-2)5-6-14(15,16)17/h1,9H,4-8H2. The molecule has 116 valence electrons. The van der Waals surface area contributed by atoms with Crippen molar-refractivity contribution >= 4 is 11.3 Å². The van der Waals surface area contributed by atoms with Crippen LogP contribution in [0.1, 0.15) is 24.1 Å². The Kier molecular flexibility index (Phi) is 6.22. The molecular weight excluding hydrogens is 315 g/mol. The number of nitrogens with zero attached hydrogens (tertiary/aromatic N) is 3. The smallest absolute Gasteiger partial charge is 0.389 e. The van der Waals surface area contributed by atoms with Crippen LogP contribution in [-0.2, 0) is 6.42 Å². The molecule has 0 N–H and O–H groups in total. The summed E-state index contributed by atoms with van der Waals surface area (Å²) in [6.07, 6.45) is 0.637. The van der Waals surface area contributed by atoms with Crippen molar-refractivity contribution in [1.29, 1.82) is 5.26 Å². The number of halogens is 3. The molecule has 1 unspecified atom stereocenters. The first kappa shape index (κ1) is 17.8. The van der Waals surface area contributed by atoms with Gasteiger partial charge in [0.25, 0.3) is 5.19 Å². The SMILES string of the molecule is [C-]#[N+]C(C#N)(CCC(F)(F)F)Cc1cnc(OCCC#C)s1. The third-order valence-electron chi connectivity index (χ3n) is 2.72. The molecule has 8 heteroatoms. The van der Waals surface area contributed by atoms with E-state index in [1.807, 2.05) is 0 Å². The second kappa shape index (κ2) is 7.68. The normalized spacial score (nSPS) is 13.5. The molecule has 0 saturated carbocycles. The summed E-state index contributed by atoms with van der Waals surface area (Å²) in [5.74, 6) is 2.39. The molecule has 0 radical (unpaired) electrons. The number of hydrogen-bond acceptors (Lipinski definition) is 4. The maximum absolute atomic E-state index is 12.3. The molecule has 0 spiro atoms. The zero-order chi connectivity index (χ0) is 16.6. The van der Waals surface area contributed by atoms with Gasteiger partial charge in [0.1, 0.15) is 6.61 Å². The number of nitriles is 1. The van der Waals surface area contributed by atoms with E-state index in [0.29, 0.717) is 16.5 Å². The van der Waals surface area contributed by atoms with E-state index in [1.54, 1.807) is 6.07 Å². The van der Waals surface area contributed by atoms with Crippen molar-refractivity contribution in [2.75, 3.05) is 6.61 Å². The van der Waals surface area contributed by atoms with E-state index >= 15 is 0 Å². The van der Waals surface area contributed by atoms with Crippen molar-refractivity contribution in [1.82, 2.24) is 4.98 Å². The van der Waals surface area contributed by atoms with Crippen LogP contribution >= 0.6 is 11.3 Å². The number of thiazole rings is 1. The first-order chi connectivity index (χ1) is 10.3. The Morgan fingerprint density at radius 3 is 2.73 bits per heavy atom. The van der Waals surface area contributed by atoms with Crippen LogP contribution < -0.4 is 4.74 Å². The van der Waals surface area contributed by atoms with Crippen LogP contribution in [0.15, 0.2) is 6.20 Å². The van der Waals surface area contributed by atoms with Crippen LogP contribution in [0.5, 0.6) is 5.19 Å². The number of hydrogen-bond donors (Lipinski definition) is 0. The average Bonchev–Trinajstić information content (AvgIpc) is 2.90. The Hall–Kier alpha value is -2.24. The molecule has 0 fully saturated rings. The van der Waals surface area contributed by atoms with Gasteiger partial charge >= 0.3 is 11.7 Å². The number of rotatable bonds is 7. The van der Waals surface area contributed by atoms with Gasteiger partial charge in [0, 0.05) is 23.9 Å². The van der Waals surface area contributed by atoms with Crippen molar-refractivity contribution < 1.29 is 17.9 Å². The van der Waals surface area contributed by atoms with Crippen molar-refractivity contribution in [2.24, 2.45) is 0 Å². The summed E-state index contributed by atoms with van der Waals surface area (Å²) in [6.45, 7) is 7.36. The fraction of sp³-hybridized carbons (Fsp3) is 0.500. The summed E-state index contributed by atoms with van der Waals surface area (Å²) in [5, 5.41) is 9.43. The van der Waals surface area contributed by atoms with Gasteiger partial charge in [-0.2, -0.15) is 18.4 Å². The minimum Gasteiger partial charge on any atom is -0.469 e. The Balaban J connectivity index is 2.74. The van der Waals surface area contributed by atoms with Gasteiger partial charge in [-0.1, -0.05) is 11.3 Å². The first-order valence-electron chi connectivity index (χ1n) is 6.22. The Labute approximate surface area is 130 Å². The molecule has 0 aliphatic rings. The van der Waals surface area contributed by atoms with E-state index in [9.17, 15) is 13.2 Å². The number of alkyl halides is 3. The molecule has 0 saturated heterocycles. The van der Waals surface area contributed by atoms with E-state index < -0.39 is 24.6 Å². The molecule has 0 aliphatic heterocycles. The number of ether oxygens (including phenoxy) is 1. The highest BCUT2D eigenvalue weighted by molar-refractivity contribution is 7.13. The van der Waals surface area contributed by atoms with E-state index in [-0.39, 0.29) is 13.0 Å². The molecular formula is C14H12F3N3OS. The average molecular weight is 327 g/mol. The summed E-state index contributed by atoms with van der Waals surface area (Å²) in [5.41, 5.74) is -1.74. The van der Waals surface area contributed by atoms with Gasteiger partial charge in [-0.05, 0) is 0 Å². The van der Waals surface area contributed by atoms with Gasteiger partial charge in [-0.25, -0.2) is 11.6 Å². The maximum atomic E-state index is 12.3. The second-order valence-corrected chi connectivity index (χ2v) is 5.52. The largest absolute Gasteiger partial charge is 0.469 e. The molecule has 1 aromatic rings. The highest BCUT2D eigenvalue weighted by Gasteiger charge is 2.42. The summed E-state index contributed by atoms with van der Waals surface area (Å²) in [6, 6.07) is 1.71. The summed E-state index contributed by atoms with van der Waals surface area (Å²) in [7, 11) is 0. The molecule has 0 bridgehead atoms. The molecule has 1 atom stereocenters. The third-order valence-corrected chi connectivity index (χ3v) is 3.62. The van der Waals surface area contributed by atoms with E-state index in [0.717, 1.165) is 11.3 Å². The Morgan fingerprint density at radius 1 is 1.45 bits per heavy atom. The van der Waals surface area contributed by atoms with Gasteiger partial charge in [0.05, 0.1) is 12.8 Å². The van der Waals surface area contributed by atoms with Gasteiger partial charge in [0.2, 0.25) is 0 Å². The van der Waals surface area contributed by atoms with Crippen LogP contribution in [0, 0.1) is 30.2 Å². The van der Waals surface area contributed by atoms with E-state index in [4.69, 9.17) is 23.0 Å². The minimum absolute atomic E-state index is 0.112. The lowest BCUT2D eigenvalue weighted by Crippen LogP contribution is -2.27. The fourth-order valence-corrected chi connectivity index (χ4v) is 2.46. The van der Waals surface area contributed by atoms with Crippen molar-refractivity contribution in [2.45, 2.75) is 37.4 Å². The van der Waals surface area contributed by atoms with Crippen LogP contribution in [0.25, 0.3) is 4.85 Å². The van der Waals surface area contributed by atoms with Gasteiger partial charge < -0.3 is 4.74 Å². The Bertz CT molecular complexity index is 605. The van der Waals surface area contributed by atoms with Crippen LogP contribution in [0.3, 0.4) is 0 Å². The minimum atomic E-state index is -4.40. The molecule has 1 aromatic heterocycles. The molecule has 4 nitrogen and oxygen atoms in total. The van der Waals surface area contributed by atoms with E-state index in [1.165, 1.54) is 6.20 Å². The first-order valence-corrected chi connectivity index (χ1v) is 7.03. The van der Waals surface area contributed by atoms with Gasteiger partial charge in [-0.3, -0.25) is 4.85 Å². The van der Waals surface area contributed by atoms with Crippen molar-refractivity contribution in [3.63, 3.8) is 0 Å². The van der Waals surface area contributed by atoms with Crippen molar-refractivity contribution in [3.05, 3.63) is 22.5 Å². The summed E-state index contributed by atoms with van der Waals surface area (Å²) < 4.78 is 42.2. The fourth-order valence-electron chi connectivity index (χ4n) is 1.58. The number of aromatic nitrogens is 1.